The third-order valence-electron chi connectivity index (χ3n) is 5.08. The van der Waals surface area contributed by atoms with Gasteiger partial charge in [0.1, 0.15) is 18.5 Å². The van der Waals surface area contributed by atoms with Gasteiger partial charge < -0.3 is 19.5 Å². The average molecular weight is 457 g/mol. The number of carbonyl (C=O) groups is 3. The second-order valence-corrected chi connectivity index (χ2v) is 8.04. The van der Waals surface area contributed by atoms with E-state index in [1.165, 1.54) is 18.4 Å². The summed E-state index contributed by atoms with van der Waals surface area (Å²) in [7, 11) is 0. The zero-order valence-electron chi connectivity index (χ0n) is 18.9. The number of ether oxygens (including phenoxy) is 3. The Morgan fingerprint density at radius 1 is 1.18 bits per heavy atom. The van der Waals surface area contributed by atoms with Crippen molar-refractivity contribution in [3.63, 3.8) is 0 Å². The molecule has 1 aliphatic heterocycles. The molecule has 1 aromatic heterocycles. The second kappa shape index (κ2) is 10.4. The first-order chi connectivity index (χ1) is 15.7. The van der Waals surface area contributed by atoms with Gasteiger partial charge in [-0.3, -0.25) is 19.0 Å². The highest BCUT2D eigenvalue weighted by molar-refractivity contribution is 6.04. The SMILES string of the molecule is CC(=O)OC[C@@H]1C[C@@H](OC(C)=O)[C@H](n2cc(C(C)C)c(NC(=O)c3ccccc3)nc2=O)O1. The number of anilines is 1. The van der Waals surface area contributed by atoms with E-state index in [9.17, 15) is 19.2 Å². The summed E-state index contributed by atoms with van der Waals surface area (Å²) < 4.78 is 17.5. The maximum Gasteiger partial charge on any atom is 0.351 e. The maximum absolute atomic E-state index is 12.9. The molecule has 176 valence electrons. The van der Waals surface area contributed by atoms with Crippen LogP contribution in [0.5, 0.6) is 0 Å². The monoisotopic (exact) mass is 457 g/mol. The average Bonchev–Trinajstić information content (AvgIpc) is 3.14. The zero-order valence-corrected chi connectivity index (χ0v) is 18.9. The summed E-state index contributed by atoms with van der Waals surface area (Å²) in [6, 6.07) is 8.59. The molecule has 0 radical (unpaired) electrons. The number of hydrogen-bond acceptors (Lipinski definition) is 8. The fourth-order valence-electron chi connectivity index (χ4n) is 3.56. The highest BCUT2D eigenvalue weighted by Gasteiger charge is 2.40. The van der Waals surface area contributed by atoms with E-state index in [1.807, 2.05) is 13.8 Å². The molecule has 0 unspecified atom stereocenters. The first-order valence-electron chi connectivity index (χ1n) is 10.6. The standard InChI is InChI=1S/C23H27N3O7/c1-13(2)18-11-26(22-19(32-15(4)28)10-17(33-22)12-31-14(3)27)23(30)25-20(18)24-21(29)16-8-6-5-7-9-16/h5-9,11,13,17,19,22H,10,12H2,1-4H3,(H,24,25,29,30)/t17-,19+,22+/m0/s1. The van der Waals surface area contributed by atoms with Crippen molar-refractivity contribution in [2.45, 2.75) is 58.5 Å². The van der Waals surface area contributed by atoms with E-state index in [0.717, 1.165) is 0 Å². The molecule has 0 saturated carbocycles. The lowest BCUT2D eigenvalue weighted by Crippen LogP contribution is -2.35. The third-order valence-corrected chi connectivity index (χ3v) is 5.08. The fourth-order valence-corrected chi connectivity index (χ4v) is 3.56. The van der Waals surface area contributed by atoms with Gasteiger partial charge in [0.2, 0.25) is 0 Å². The van der Waals surface area contributed by atoms with Gasteiger partial charge in [0, 0.05) is 37.6 Å². The van der Waals surface area contributed by atoms with Gasteiger partial charge in [-0.1, -0.05) is 32.0 Å². The van der Waals surface area contributed by atoms with Gasteiger partial charge >= 0.3 is 17.6 Å². The highest BCUT2D eigenvalue weighted by Crippen LogP contribution is 2.32. The van der Waals surface area contributed by atoms with Gasteiger partial charge in [-0.15, -0.1) is 0 Å². The smallest absolute Gasteiger partial charge is 0.351 e. The van der Waals surface area contributed by atoms with Crippen LogP contribution in [0.25, 0.3) is 0 Å². The predicted molar refractivity (Wildman–Crippen MR) is 118 cm³/mol. The van der Waals surface area contributed by atoms with Crippen molar-refractivity contribution in [2.24, 2.45) is 0 Å². The summed E-state index contributed by atoms with van der Waals surface area (Å²) in [4.78, 5) is 52.4. The topological polar surface area (TPSA) is 126 Å². The van der Waals surface area contributed by atoms with Crippen LogP contribution in [0.3, 0.4) is 0 Å². The zero-order chi connectivity index (χ0) is 24.1. The molecule has 2 aromatic rings. The number of nitrogens with zero attached hydrogens (tertiary/aromatic N) is 2. The molecule has 0 aliphatic carbocycles. The number of rotatable bonds is 7. The van der Waals surface area contributed by atoms with Gasteiger partial charge in [-0.2, -0.15) is 4.98 Å². The van der Waals surface area contributed by atoms with Crippen LogP contribution in [0, 0.1) is 0 Å². The third kappa shape index (κ3) is 6.04. The van der Waals surface area contributed by atoms with E-state index in [2.05, 4.69) is 10.3 Å². The van der Waals surface area contributed by atoms with Crippen molar-refractivity contribution in [2.75, 3.05) is 11.9 Å². The molecular weight excluding hydrogens is 430 g/mol. The number of hydrogen-bond donors (Lipinski definition) is 1. The Kier molecular flexibility index (Phi) is 7.59. The van der Waals surface area contributed by atoms with Crippen LogP contribution in [0.1, 0.15) is 62.2 Å². The molecule has 1 fully saturated rings. The van der Waals surface area contributed by atoms with E-state index < -0.39 is 42.0 Å². The highest BCUT2D eigenvalue weighted by atomic mass is 16.6. The Morgan fingerprint density at radius 2 is 1.88 bits per heavy atom. The van der Waals surface area contributed by atoms with Gasteiger partial charge in [0.15, 0.2) is 6.23 Å². The van der Waals surface area contributed by atoms with E-state index in [4.69, 9.17) is 14.2 Å². The Labute approximate surface area is 190 Å². The molecule has 10 nitrogen and oxygen atoms in total. The number of nitrogens with one attached hydrogen (secondary N) is 1. The van der Waals surface area contributed by atoms with Crippen LogP contribution in [0.2, 0.25) is 0 Å². The minimum Gasteiger partial charge on any atom is -0.463 e. The number of amides is 1. The molecule has 1 aliphatic rings. The molecule has 0 bridgehead atoms. The van der Waals surface area contributed by atoms with E-state index in [0.29, 0.717) is 11.1 Å². The van der Waals surface area contributed by atoms with Crippen LogP contribution in [0.15, 0.2) is 41.3 Å². The summed E-state index contributed by atoms with van der Waals surface area (Å²) in [5, 5.41) is 2.70. The Bertz CT molecular complexity index is 1080. The Balaban J connectivity index is 1.92. The van der Waals surface area contributed by atoms with Crippen molar-refractivity contribution in [3.8, 4) is 0 Å². The maximum atomic E-state index is 12.9. The van der Waals surface area contributed by atoms with Crippen molar-refractivity contribution >= 4 is 23.7 Å². The molecule has 2 heterocycles. The number of esters is 2. The lowest BCUT2D eigenvalue weighted by Gasteiger charge is -2.22. The summed E-state index contributed by atoms with van der Waals surface area (Å²) in [6.45, 7) is 6.30. The normalized spacial score (nSPS) is 19.8. The van der Waals surface area contributed by atoms with E-state index >= 15 is 0 Å². The molecular formula is C23H27N3O7. The molecule has 1 N–H and O–H groups in total. The van der Waals surface area contributed by atoms with Crippen LogP contribution >= 0.6 is 0 Å². The molecule has 0 spiro atoms. The van der Waals surface area contributed by atoms with Gasteiger partial charge in [-0.05, 0) is 18.1 Å². The first kappa shape index (κ1) is 24.1. The Morgan fingerprint density at radius 3 is 2.48 bits per heavy atom. The van der Waals surface area contributed by atoms with Gasteiger partial charge in [0.25, 0.3) is 5.91 Å². The minimum absolute atomic E-state index is 0.0337. The fraction of sp³-hybridized carbons (Fsp3) is 0.435. The minimum atomic E-state index is -0.953. The van der Waals surface area contributed by atoms with Gasteiger partial charge in [-0.25, -0.2) is 4.79 Å². The largest absolute Gasteiger partial charge is 0.463 e. The predicted octanol–water partition coefficient (Wildman–Crippen LogP) is 2.40. The molecule has 10 heteroatoms. The lowest BCUT2D eigenvalue weighted by molar-refractivity contribution is -0.153. The number of benzene rings is 1. The lowest BCUT2D eigenvalue weighted by atomic mass is 10.1. The molecule has 1 aromatic carbocycles. The second-order valence-electron chi connectivity index (χ2n) is 8.04. The van der Waals surface area contributed by atoms with E-state index in [-0.39, 0.29) is 24.8 Å². The number of aromatic nitrogens is 2. The summed E-state index contributed by atoms with van der Waals surface area (Å²) in [6.07, 6.45) is -0.489. The van der Waals surface area contributed by atoms with Crippen LogP contribution < -0.4 is 11.0 Å². The van der Waals surface area contributed by atoms with Crippen molar-refractivity contribution in [3.05, 3.63) is 58.1 Å². The molecule has 1 saturated heterocycles. The Hall–Kier alpha value is -3.53. The van der Waals surface area contributed by atoms with Crippen LogP contribution in [-0.2, 0) is 23.8 Å². The first-order valence-corrected chi connectivity index (χ1v) is 10.6. The molecule has 3 atom stereocenters. The summed E-state index contributed by atoms with van der Waals surface area (Å²) >= 11 is 0. The molecule has 3 rings (SSSR count). The molecule has 33 heavy (non-hydrogen) atoms. The summed E-state index contributed by atoms with van der Waals surface area (Å²) in [5.74, 6) is -1.33. The summed E-state index contributed by atoms with van der Waals surface area (Å²) in [5.41, 5.74) is 0.353. The number of carbonyl (C=O) groups excluding carboxylic acids is 3. The van der Waals surface area contributed by atoms with Crippen molar-refractivity contribution < 1.29 is 28.6 Å². The van der Waals surface area contributed by atoms with Gasteiger partial charge in [0.05, 0.1) is 6.10 Å². The van der Waals surface area contributed by atoms with Crippen LogP contribution in [0.4, 0.5) is 5.82 Å². The van der Waals surface area contributed by atoms with Crippen LogP contribution in [-0.4, -0.2) is 46.2 Å². The quantitative estimate of drug-likeness (QED) is 0.628. The van der Waals surface area contributed by atoms with E-state index in [1.54, 1.807) is 36.5 Å². The molecule has 1 amide bonds. The van der Waals surface area contributed by atoms with Crippen molar-refractivity contribution in [1.29, 1.82) is 0 Å². The van der Waals surface area contributed by atoms with Crippen molar-refractivity contribution in [1.82, 2.24) is 9.55 Å².